The van der Waals surface area contributed by atoms with E-state index in [1.807, 2.05) is 0 Å². The number of nitrogens with one attached hydrogen (secondary N) is 3. The first kappa shape index (κ1) is 18.2. The van der Waals surface area contributed by atoms with Crippen molar-refractivity contribution in [3.63, 3.8) is 0 Å². The standard InChI is InChI=1S/C17H25N5O2.ClH/c23-16(19-12-5-6-12)10-22-9-13(8-18-22)20-17(24)15-7-11-3-1-2-4-14(11)21-15;/h8-9,11-12,14-15,21H,1-7,10H2,(H,19,23)(H,20,24);1H. The van der Waals surface area contributed by atoms with E-state index >= 15 is 0 Å². The second kappa shape index (κ2) is 7.74. The molecule has 0 spiro atoms. The van der Waals surface area contributed by atoms with Gasteiger partial charge in [0.25, 0.3) is 0 Å². The van der Waals surface area contributed by atoms with Crippen molar-refractivity contribution < 1.29 is 9.59 Å². The van der Waals surface area contributed by atoms with Gasteiger partial charge in [-0.15, -0.1) is 12.4 Å². The lowest BCUT2D eigenvalue weighted by Crippen LogP contribution is -2.39. The van der Waals surface area contributed by atoms with Crippen LogP contribution in [0.15, 0.2) is 12.4 Å². The smallest absolute Gasteiger partial charge is 0.241 e. The van der Waals surface area contributed by atoms with Crippen molar-refractivity contribution >= 4 is 29.9 Å². The van der Waals surface area contributed by atoms with E-state index in [2.05, 4.69) is 21.0 Å². The Balaban J connectivity index is 0.00000182. The molecular formula is C17H26ClN5O2. The van der Waals surface area contributed by atoms with Gasteiger partial charge in [-0.2, -0.15) is 5.10 Å². The number of rotatable bonds is 5. The Morgan fingerprint density at radius 2 is 2.04 bits per heavy atom. The summed E-state index contributed by atoms with van der Waals surface area (Å²) in [6, 6.07) is 0.743. The Bertz CT molecular complexity index is 616. The zero-order valence-electron chi connectivity index (χ0n) is 14.2. The number of anilines is 1. The molecule has 0 aromatic carbocycles. The number of nitrogens with zero attached hydrogens (tertiary/aromatic N) is 2. The molecule has 2 aliphatic carbocycles. The summed E-state index contributed by atoms with van der Waals surface area (Å²) >= 11 is 0. The average Bonchev–Trinajstić information content (AvgIpc) is 3.09. The molecule has 3 fully saturated rings. The van der Waals surface area contributed by atoms with Crippen molar-refractivity contribution in [1.82, 2.24) is 20.4 Å². The minimum atomic E-state index is -0.111. The monoisotopic (exact) mass is 367 g/mol. The molecule has 2 amide bonds. The maximum Gasteiger partial charge on any atom is 0.241 e. The van der Waals surface area contributed by atoms with Gasteiger partial charge in [-0.3, -0.25) is 14.3 Å². The third-order valence-corrected chi connectivity index (χ3v) is 5.33. The van der Waals surface area contributed by atoms with Crippen LogP contribution >= 0.6 is 12.4 Å². The summed E-state index contributed by atoms with van der Waals surface area (Å²) in [7, 11) is 0. The molecule has 1 aliphatic heterocycles. The first-order valence-corrected chi connectivity index (χ1v) is 9.06. The molecule has 1 aromatic rings. The molecule has 1 aromatic heterocycles. The zero-order chi connectivity index (χ0) is 16.5. The van der Waals surface area contributed by atoms with Crippen LogP contribution < -0.4 is 16.0 Å². The van der Waals surface area contributed by atoms with E-state index in [-0.39, 0.29) is 36.8 Å². The van der Waals surface area contributed by atoms with Crippen LogP contribution in [0.3, 0.4) is 0 Å². The first-order valence-electron chi connectivity index (χ1n) is 9.06. The van der Waals surface area contributed by atoms with Crippen molar-refractivity contribution in [3.8, 4) is 0 Å². The summed E-state index contributed by atoms with van der Waals surface area (Å²) in [5, 5.41) is 13.5. The fourth-order valence-corrected chi connectivity index (χ4v) is 3.91. The number of amides is 2. The Hall–Kier alpha value is -1.60. The van der Waals surface area contributed by atoms with Gasteiger partial charge >= 0.3 is 0 Å². The normalized spacial score (nSPS) is 27.9. The van der Waals surface area contributed by atoms with Crippen LogP contribution in [0.2, 0.25) is 0 Å². The summed E-state index contributed by atoms with van der Waals surface area (Å²) in [5.74, 6) is 0.620. The minimum absolute atomic E-state index is 0. The largest absolute Gasteiger partial charge is 0.352 e. The highest BCUT2D eigenvalue weighted by molar-refractivity contribution is 5.95. The predicted octanol–water partition coefficient (Wildman–Crippen LogP) is 1.44. The maximum atomic E-state index is 12.5. The molecule has 1 saturated heterocycles. The lowest BCUT2D eigenvalue weighted by Gasteiger charge is -2.24. The average molecular weight is 368 g/mol. The van der Waals surface area contributed by atoms with Gasteiger partial charge < -0.3 is 16.0 Å². The van der Waals surface area contributed by atoms with Crippen molar-refractivity contribution in [3.05, 3.63) is 12.4 Å². The van der Waals surface area contributed by atoms with Gasteiger partial charge in [0.15, 0.2) is 0 Å². The molecule has 2 heterocycles. The first-order chi connectivity index (χ1) is 11.7. The van der Waals surface area contributed by atoms with Crippen molar-refractivity contribution in [2.75, 3.05) is 5.32 Å². The number of hydrogen-bond acceptors (Lipinski definition) is 4. The molecule has 138 valence electrons. The van der Waals surface area contributed by atoms with E-state index in [1.165, 1.54) is 25.7 Å². The summed E-state index contributed by atoms with van der Waals surface area (Å²) in [6.45, 7) is 0.193. The fraction of sp³-hybridized carbons (Fsp3) is 0.706. The number of aromatic nitrogens is 2. The second-order valence-electron chi connectivity index (χ2n) is 7.36. The summed E-state index contributed by atoms with van der Waals surface area (Å²) in [5.41, 5.74) is 0.649. The Kier molecular flexibility index (Phi) is 5.64. The number of hydrogen-bond donors (Lipinski definition) is 3. The molecule has 2 saturated carbocycles. The topological polar surface area (TPSA) is 88.1 Å². The lowest BCUT2D eigenvalue weighted by molar-refractivity contribution is -0.122. The fourth-order valence-electron chi connectivity index (χ4n) is 3.91. The number of fused-ring (bicyclic) bond motifs is 1. The zero-order valence-corrected chi connectivity index (χ0v) is 15.1. The van der Waals surface area contributed by atoms with Crippen LogP contribution in [0, 0.1) is 5.92 Å². The molecule has 0 bridgehead atoms. The molecular weight excluding hydrogens is 342 g/mol. The van der Waals surface area contributed by atoms with E-state index in [1.54, 1.807) is 17.1 Å². The molecule has 3 aliphatic rings. The van der Waals surface area contributed by atoms with Crippen molar-refractivity contribution in [2.24, 2.45) is 5.92 Å². The minimum Gasteiger partial charge on any atom is -0.352 e. The van der Waals surface area contributed by atoms with Crippen LogP contribution in [0.25, 0.3) is 0 Å². The van der Waals surface area contributed by atoms with Crippen molar-refractivity contribution in [2.45, 2.75) is 69.6 Å². The summed E-state index contributed by atoms with van der Waals surface area (Å²) in [6.07, 6.45) is 11.3. The lowest BCUT2D eigenvalue weighted by atomic mass is 9.85. The Labute approximate surface area is 153 Å². The SMILES string of the molecule is Cl.O=C(Cn1cc(NC(=O)C2CC3CCCCC3N2)cn1)NC1CC1. The Morgan fingerprint density at radius 3 is 2.80 bits per heavy atom. The van der Waals surface area contributed by atoms with E-state index in [0.29, 0.717) is 23.7 Å². The third kappa shape index (κ3) is 4.52. The van der Waals surface area contributed by atoms with Crippen LogP contribution in [0.5, 0.6) is 0 Å². The quantitative estimate of drug-likeness (QED) is 0.734. The predicted molar refractivity (Wildman–Crippen MR) is 96.6 cm³/mol. The molecule has 4 rings (SSSR count). The molecule has 0 radical (unpaired) electrons. The molecule has 25 heavy (non-hydrogen) atoms. The van der Waals surface area contributed by atoms with Gasteiger partial charge in [0.05, 0.1) is 17.9 Å². The summed E-state index contributed by atoms with van der Waals surface area (Å²) < 4.78 is 1.56. The Morgan fingerprint density at radius 1 is 1.24 bits per heavy atom. The van der Waals surface area contributed by atoms with Gasteiger partial charge in [-0.05, 0) is 38.0 Å². The highest BCUT2D eigenvalue weighted by Gasteiger charge is 2.38. The van der Waals surface area contributed by atoms with Gasteiger partial charge in [0.1, 0.15) is 6.54 Å². The van der Waals surface area contributed by atoms with Crippen molar-refractivity contribution in [1.29, 1.82) is 0 Å². The van der Waals surface area contributed by atoms with Crippen LogP contribution in [0.1, 0.15) is 44.9 Å². The van der Waals surface area contributed by atoms with E-state index in [0.717, 1.165) is 19.3 Å². The third-order valence-electron chi connectivity index (χ3n) is 5.33. The number of carbonyl (C=O) groups excluding carboxylic acids is 2. The van der Waals surface area contributed by atoms with E-state index in [9.17, 15) is 9.59 Å². The molecule has 8 heteroatoms. The summed E-state index contributed by atoms with van der Waals surface area (Å²) in [4.78, 5) is 24.2. The van der Waals surface area contributed by atoms with E-state index in [4.69, 9.17) is 0 Å². The molecule has 3 N–H and O–H groups in total. The second-order valence-corrected chi connectivity index (χ2v) is 7.36. The van der Waals surface area contributed by atoms with Crippen LogP contribution in [-0.4, -0.2) is 39.7 Å². The van der Waals surface area contributed by atoms with Crippen LogP contribution in [0.4, 0.5) is 5.69 Å². The van der Waals surface area contributed by atoms with Gasteiger partial charge in [-0.1, -0.05) is 12.8 Å². The highest BCUT2D eigenvalue weighted by Crippen LogP contribution is 2.33. The molecule has 3 atom stereocenters. The number of halogens is 1. The van der Waals surface area contributed by atoms with Gasteiger partial charge in [0, 0.05) is 18.3 Å². The maximum absolute atomic E-state index is 12.5. The molecule has 3 unspecified atom stereocenters. The van der Waals surface area contributed by atoms with Gasteiger partial charge in [0.2, 0.25) is 11.8 Å². The molecule has 7 nitrogen and oxygen atoms in total. The van der Waals surface area contributed by atoms with E-state index < -0.39 is 0 Å². The van der Waals surface area contributed by atoms with Gasteiger partial charge in [-0.25, -0.2) is 0 Å². The highest BCUT2D eigenvalue weighted by atomic mass is 35.5. The van der Waals surface area contributed by atoms with Crippen LogP contribution in [-0.2, 0) is 16.1 Å². The number of carbonyl (C=O) groups is 2.